The van der Waals surface area contributed by atoms with Gasteiger partial charge in [-0.25, -0.2) is 0 Å². The number of hydrogen-bond donors (Lipinski definition) is 2. The molecule has 164 valence electrons. The zero-order chi connectivity index (χ0) is 21.3. The molecule has 1 aromatic carbocycles. The smallest absolute Gasteiger partial charge is 0.260 e. The predicted octanol–water partition coefficient (Wildman–Crippen LogP) is 3.45. The summed E-state index contributed by atoms with van der Waals surface area (Å²) in [5, 5.41) is 7.11. The van der Waals surface area contributed by atoms with Gasteiger partial charge in [0, 0.05) is 74.3 Å². The summed E-state index contributed by atoms with van der Waals surface area (Å²) < 4.78 is 5.56. The fourth-order valence-electron chi connectivity index (χ4n) is 4.85. The van der Waals surface area contributed by atoms with Gasteiger partial charge in [0.25, 0.3) is 5.91 Å². The van der Waals surface area contributed by atoms with Crippen LogP contribution in [-0.4, -0.2) is 61.8 Å². The van der Waals surface area contributed by atoms with Crippen LogP contribution in [0.2, 0.25) is 0 Å². The second kappa shape index (κ2) is 8.98. The van der Waals surface area contributed by atoms with Crippen LogP contribution < -0.4 is 15.5 Å². The van der Waals surface area contributed by atoms with E-state index in [2.05, 4.69) is 61.4 Å². The van der Waals surface area contributed by atoms with Crippen molar-refractivity contribution in [3.8, 4) is 0 Å². The zero-order valence-corrected chi connectivity index (χ0v) is 18.8. The SMILES string of the molecule is CC(C)Nc1ccc2c(c1)/C(=C1\CCN(C(C)C)CCN1)C(=O)N2C1CCOCC1. The highest BCUT2D eigenvalue weighted by Crippen LogP contribution is 2.42. The van der Waals surface area contributed by atoms with Crippen molar-refractivity contribution < 1.29 is 9.53 Å². The van der Waals surface area contributed by atoms with Crippen molar-refractivity contribution in [1.82, 2.24) is 10.2 Å². The molecule has 4 rings (SSSR count). The van der Waals surface area contributed by atoms with Gasteiger partial charge in [-0.05, 0) is 58.7 Å². The molecule has 2 saturated heterocycles. The predicted molar refractivity (Wildman–Crippen MR) is 123 cm³/mol. The Bertz CT molecular complexity index is 811. The highest BCUT2D eigenvalue weighted by atomic mass is 16.5. The molecule has 0 atom stereocenters. The van der Waals surface area contributed by atoms with Crippen LogP contribution in [0.3, 0.4) is 0 Å². The fourth-order valence-corrected chi connectivity index (χ4v) is 4.85. The van der Waals surface area contributed by atoms with Crippen LogP contribution in [-0.2, 0) is 9.53 Å². The molecule has 3 aliphatic heterocycles. The largest absolute Gasteiger partial charge is 0.386 e. The summed E-state index contributed by atoms with van der Waals surface area (Å²) >= 11 is 0. The third-order valence-corrected chi connectivity index (χ3v) is 6.39. The number of ether oxygens (including phenoxy) is 1. The van der Waals surface area contributed by atoms with E-state index in [-0.39, 0.29) is 11.9 Å². The standard InChI is InChI=1S/C24H36N4O2/c1-16(2)26-18-5-6-22-20(15-18)23(21-7-11-27(17(3)4)12-10-25-21)24(29)28(22)19-8-13-30-14-9-19/h5-6,15-17,19,25-26H,7-14H2,1-4H3/b23-21-. The maximum Gasteiger partial charge on any atom is 0.260 e. The molecule has 0 saturated carbocycles. The minimum Gasteiger partial charge on any atom is -0.386 e. The minimum atomic E-state index is 0.152. The molecular formula is C24H36N4O2. The fraction of sp³-hybridized carbons (Fsp3) is 0.625. The lowest BCUT2D eigenvalue weighted by atomic mass is 10.0. The van der Waals surface area contributed by atoms with Crippen molar-refractivity contribution in [2.75, 3.05) is 43.1 Å². The lowest BCUT2D eigenvalue weighted by Gasteiger charge is -2.31. The van der Waals surface area contributed by atoms with Crippen LogP contribution in [0.5, 0.6) is 0 Å². The first-order valence-electron chi connectivity index (χ1n) is 11.5. The monoisotopic (exact) mass is 412 g/mol. The zero-order valence-electron chi connectivity index (χ0n) is 18.8. The number of anilines is 2. The Balaban J connectivity index is 1.74. The molecule has 2 N–H and O–H groups in total. The normalized spacial score (nSPS) is 23.7. The van der Waals surface area contributed by atoms with Gasteiger partial charge in [-0.1, -0.05) is 0 Å². The molecule has 2 fully saturated rings. The van der Waals surface area contributed by atoms with E-state index in [1.807, 2.05) is 4.90 Å². The highest BCUT2D eigenvalue weighted by Gasteiger charge is 2.39. The van der Waals surface area contributed by atoms with Gasteiger partial charge in [0.2, 0.25) is 0 Å². The molecule has 0 aromatic heterocycles. The third-order valence-electron chi connectivity index (χ3n) is 6.39. The maximum atomic E-state index is 13.8. The van der Waals surface area contributed by atoms with Gasteiger partial charge >= 0.3 is 0 Å². The molecule has 0 unspecified atom stereocenters. The van der Waals surface area contributed by atoms with E-state index >= 15 is 0 Å². The Kier molecular flexibility index (Phi) is 6.34. The number of fused-ring (bicyclic) bond motifs is 1. The number of amides is 1. The van der Waals surface area contributed by atoms with E-state index in [0.29, 0.717) is 12.1 Å². The van der Waals surface area contributed by atoms with E-state index < -0.39 is 0 Å². The van der Waals surface area contributed by atoms with Gasteiger partial charge in [0.15, 0.2) is 0 Å². The van der Waals surface area contributed by atoms with Crippen LogP contribution >= 0.6 is 0 Å². The Morgan fingerprint density at radius 3 is 2.60 bits per heavy atom. The number of hydrogen-bond acceptors (Lipinski definition) is 5. The Labute approximate surface area is 180 Å². The second-order valence-corrected chi connectivity index (χ2v) is 9.21. The number of benzene rings is 1. The van der Waals surface area contributed by atoms with Gasteiger partial charge in [-0.15, -0.1) is 0 Å². The number of nitrogens with one attached hydrogen (secondary N) is 2. The lowest BCUT2D eigenvalue weighted by Crippen LogP contribution is -2.41. The maximum absolute atomic E-state index is 13.8. The van der Waals surface area contributed by atoms with E-state index in [4.69, 9.17) is 4.74 Å². The van der Waals surface area contributed by atoms with Crippen LogP contribution in [0.15, 0.2) is 23.9 Å². The molecule has 30 heavy (non-hydrogen) atoms. The van der Waals surface area contributed by atoms with Crippen molar-refractivity contribution in [2.24, 2.45) is 0 Å². The first-order valence-corrected chi connectivity index (χ1v) is 11.5. The van der Waals surface area contributed by atoms with Gasteiger partial charge < -0.3 is 20.3 Å². The second-order valence-electron chi connectivity index (χ2n) is 9.21. The molecule has 1 aromatic rings. The molecule has 6 nitrogen and oxygen atoms in total. The summed E-state index contributed by atoms with van der Waals surface area (Å²) in [6.07, 6.45) is 2.67. The van der Waals surface area contributed by atoms with Crippen molar-refractivity contribution in [1.29, 1.82) is 0 Å². The average Bonchev–Trinajstić information content (AvgIpc) is 2.85. The average molecular weight is 413 g/mol. The molecule has 0 radical (unpaired) electrons. The summed E-state index contributed by atoms with van der Waals surface area (Å²) in [4.78, 5) is 18.3. The summed E-state index contributed by atoms with van der Waals surface area (Å²) in [7, 11) is 0. The molecule has 3 aliphatic rings. The van der Waals surface area contributed by atoms with E-state index in [0.717, 1.165) is 80.3 Å². The third kappa shape index (κ3) is 4.21. The topological polar surface area (TPSA) is 56.8 Å². The van der Waals surface area contributed by atoms with Crippen LogP contribution in [0, 0.1) is 0 Å². The van der Waals surface area contributed by atoms with Gasteiger partial charge in [0.1, 0.15) is 0 Å². The first kappa shape index (κ1) is 21.2. The van der Waals surface area contributed by atoms with Gasteiger partial charge in [0.05, 0.1) is 11.3 Å². The van der Waals surface area contributed by atoms with Crippen LogP contribution in [0.4, 0.5) is 11.4 Å². The summed E-state index contributed by atoms with van der Waals surface area (Å²) in [6, 6.07) is 7.47. The van der Waals surface area contributed by atoms with Crippen molar-refractivity contribution >= 4 is 22.9 Å². The molecule has 0 aliphatic carbocycles. The van der Waals surface area contributed by atoms with Crippen LogP contribution in [0.1, 0.15) is 52.5 Å². The molecular weight excluding hydrogens is 376 g/mol. The molecule has 3 heterocycles. The molecule has 1 amide bonds. The first-order chi connectivity index (χ1) is 14.5. The molecule has 0 bridgehead atoms. The molecule has 6 heteroatoms. The highest BCUT2D eigenvalue weighted by molar-refractivity contribution is 6.33. The Morgan fingerprint density at radius 1 is 1.13 bits per heavy atom. The summed E-state index contributed by atoms with van der Waals surface area (Å²) in [5.74, 6) is 0.152. The lowest BCUT2D eigenvalue weighted by molar-refractivity contribution is -0.113. The number of rotatable bonds is 4. The number of carbonyl (C=O) groups is 1. The number of carbonyl (C=O) groups excluding carboxylic acids is 1. The van der Waals surface area contributed by atoms with Crippen LogP contribution in [0.25, 0.3) is 5.57 Å². The summed E-state index contributed by atoms with van der Waals surface area (Å²) in [6.45, 7) is 13.1. The summed E-state index contributed by atoms with van der Waals surface area (Å²) in [5.41, 5.74) is 5.16. The molecule has 0 spiro atoms. The van der Waals surface area contributed by atoms with Crippen molar-refractivity contribution in [3.05, 3.63) is 29.5 Å². The van der Waals surface area contributed by atoms with E-state index in [9.17, 15) is 4.79 Å². The van der Waals surface area contributed by atoms with Crippen molar-refractivity contribution in [3.63, 3.8) is 0 Å². The van der Waals surface area contributed by atoms with Gasteiger partial charge in [-0.2, -0.15) is 0 Å². The Hall–Kier alpha value is -2.05. The van der Waals surface area contributed by atoms with E-state index in [1.54, 1.807) is 0 Å². The van der Waals surface area contributed by atoms with Gasteiger partial charge in [-0.3, -0.25) is 9.69 Å². The van der Waals surface area contributed by atoms with E-state index in [1.165, 1.54) is 0 Å². The Morgan fingerprint density at radius 2 is 1.90 bits per heavy atom. The quantitative estimate of drug-likeness (QED) is 0.742. The minimum absolute atomic E-state index is 0.152. The number of nitrogens with zero attached hydrogens (tertiary/aromatic N) is 2. The van der Waals surface area contributed by atoms with Crippen molar-refractivity contribution in [2.45, 2.75) is 65.1 Å².